The Morgan fingerprint density at radius 3 is 2.22 bits per heavy atom. The third-order valence-electron chi connectivity index (χ3n) is 5.67. The number of hydrogen-bond donors (Lipinski definition) is 1. The second-order valence-corrected chi connectivity index (χ2v) is 6.76. The first kappa shape index (κ1) is 12.9. The Hall–Kier alpha value is -0.0800. The maximum atomic E-state index is 10.5. The molecule has 1 heterocycles. The van der Waals surface area contributed by atoms with E-state index in [1.807, 2.05) is 0 Å². The van der Waals surface area contributed by atoms with Gasteiger partial charge in [-0.1, -0.05) is 38.5 Å². The molecule has 2 aliphatic carbocycles. The molecule has 1 aliphatic heterocycles. The van der Waals surface area contributed by atoms with Gasteiger partial charge in [0.05, 0.1) is 6.10 Å². The second-order valence-electron chi connectivity index (χ2n) is 6.76. The highest BCUT2D eigenvalue weighted by Gasteiger charge is 2.40. The quantitative estimate of drug-likeness (QED) is 0.772. The molecule has 0 radical (unpaired) electrons. The third-order valence-corrected chi connectivity index (χ3v) is 5.67. The molecular weight excluding hydrogens is 222 g/mol. The Bertz CT molecular complexity index is 268. The van der Waals surface area contributed by atoms with Crippen molar-refractivity contribution in [3.63, 3.8) is 0 Å². The molecule has 0 amide bonds. The molecule has 3 fully saturated rings. The first-order valence-corrected chi connectivity index (χ1v) is 8.30. The molecule has 0 bridgehead atoms. The predicted molar refractivity (Wildman–Crippen MR) is 74.6 cm³/mol. The van der Waals surface area contributed by atoms with Gasteiger partial charge in [-0.25, -0.2) is 0 Å². The van der Waals surface area contributed by atoms with E-state index in [-0.39, 0.29) is 6.10 Å². The van der Waals surface area contributed by atoms with Crippen LogP contribution in [-0.2, 0) is 0 Å². The van der Waals surface area contributed by atoms with Crippen LogP contribution in [0.25, 0.3) is 0 Å². The Morgan fingerprint density at radius 2 is 1.33 bits per heavy atom. The van der Waals surface area contributed by atoms with E-state index in [1.165, 1.54) is 70.8 Å². The van der Waals surface area contributed by atoms with Gasteiger partial charge in [-0.2, -0.15) is 0 Å². The monoisotopic (exact) mass is 251 g/mol. The number of aliphatic hydroxyl groups excluding tert-OH is 1. The zero-order chi connectivity index (χ0) is 12.4. The third kappa shape index (κ3) is 2.60. The van der Waals surface area contributed by atoms with Crippen LogP contribution >= 0.6 is 0 Å². The number of likely N-dealkylation sites (tertiary alicyclic amines) is 1. The summed E-state index contributed by atoms with van der Waals surface area (Å²) in [4.78, 5) is 2.72. The molecule has 4 atom stereocenters. The van der Waals surface area contributed by atoms with Crippen LogP contribution in [0.4, 0.5) is 0 Å². The smallest absolute Gasteiger partial charge is 0.0695 e. The summed E-state index contributed by atoms with van der Waals surface area (Å²) < 4.78 is 0. The van der Waals surface area contributed by atoms with E-state index >= 15 is 0 Å². The normalized spacial score (nSPS) is 43.2. The molecule has 2 heteroatoms. The maximum Gasteiger partial charge on any atom is 0.0695 e. The molecule has 104 valence electrons. The van der Waals surface area contributed by atoms with E-state index in [4.69, 9.17) is 0 Å². The van der Waals surface area contributed by atoms with Crippen LogP contribution in [0.15, 0.2) is 0 Å². The summed E-state index contributed by atoms with van der Waals surface area (Å²) in [6, 6.07) is 1.30. The van der Waals surface area contributed by atoms with Crippen molar-refractivity contribution in [2.24, 2.45) is 5.92 Å². The van der Waals surface area contributed by atoms with Gasteiger partial charge >= 0.3 is 0 Å². The van der Waals surface area contributed by atoms with Crippen LogP contribution in [0.1, 0.15) is 70.6 Å². The summed E-state index contributed by atoms with van der Waals surface area (Å²) >= 11 is 0. The first-order valence-electron chi connectivity index (χ1n) is 8.30. The molecule has 1 saturated heterocycles. The summed E-state index contributed by atoms with van der Waals surface area (Å²) in [6.45, 7) is 1.26. The average Bonchev–Trinajstić information content (AvgIpc) is 2.78. The SMILES string of the molecule is OC1CCCCCCC1N1CCC2CCCCC21. The number of hydrogen-bond acceptors (Lipinski definition) is 2. The van der Waals surface area contributed by atoms with Gasteiger partial charge in [-0.05, 0) is 44.6 Å². The van der Waals surface area contributed by atoms with Crippen LogP contribution in [0.5, 0.6) is 0 Å². The van der Waals surface area contributed by atoms with Gasteiger partial charge in [0, 0.05) is 12.1 Å². The van der Waals surface area contributed by atoms with Crippen LogP contribution in [-0.4, -0.2) is 34.7 Å². The van der Waals surface area contributed by atoms with Gasteiger partial charge in [0.25, 0.3) is 0 Å². The topological polar surface area (TPSA) is 23.5 Å². The maximum absolute atomic E-state index is 10.5. The summed E-state index contributed by atoms with van der Waals surface area (Å²) in [5.41, 5.74) is 0. The fourth-order valence-corrected chi connectivity index (χ4v) is 4.69. The molecule has 3 rings (SSSR count). The first-order chi connectivity index (χ1) is 8.86. The van der Waals surface area contributed by atoms with Crippen LogP contribution in [0, 0.1) is 5.92 Å². The zero-order valence-corrected chi connectivity index (χ0v) is 11.7. The number of aliphatic hydroxyl groups is 1. The summed E-state index contributed by atoms with van der Waals surface area (Å²) in [5.74, 6) is 0.955. The minimum absolute atomic E-state index is 0.0500. The van der Waals surface area contributed by atoms with Crippen molar-refractivity contribution in [1.29, 1.82) is 0 Å². The fourth-order valence-electron chi connectivity index (χ4n) is 4.69. The molecule has 1 N–H and O–H groups in total. The largest absolute Gasteiger partial charge is 0.391 e. The molecule has 4 unspecified atom stereocenters. The van der Waals surface area contributed by atoms with E-state index in [1.54, 1.807) is 0 Å². The average molecular weight is 251 g/mol. The lowest BCUT2D eigenvalue weighted by atomic mass is 9.84. The van der Waals surface area contributed by atoms with Gasteiger partial charge < -0.3 is 5.11 Å². The molecular formula is C16H29NO. The van der Waals surface area contributed by atoms with Gasteiger partial charge in [0.2, 0.25) is 0 Å². The lowest BCUT2D eigenvalue weighted by molar-refractivity contribution is 0.0137. The molecule has 18 heavy (non-hydrogen) atoms. The van der Waals surface area contributed by atoms with Gasteiger partial charge in [-0.3, -0.25) is 4.90 Å². The summed E-state index contributed by atoms with van der Waals surface area (Å²) in [6.07, 6.45) is 14.6. The van der Waals surface area contributed by atoms with E-state index in [9.17, 15) is 5.11 Å². The lowest BCUT2D eigenvalue weighted by Gasteiger charge is -2.40. The van der Waals surface area contributed by atoms with Gasteiger partial charge in [0.15, 0.2) is 0 Å². The predicted octanol–water partition coefficient (Wildman–Crippen LogP) is 3.33. The van der Waals surface area contributed by atoms with Crippen molar-refractivity contribution < 1.29 is 5.11 Å². The van der Waals surface area contributed by atoms with E-state index < -0.39 is 0 Å². The van der Waals surface area contributed by atoms with Crippen LogP contribution in [0.3, 0.4) is 0 Å². The van der Waals surface area contributed by atoms with Crippen molar-refractivity contribution in [3.8, 4) is 0 Å². The molecule has 0 spiro atoms. The molecule has 0 aromatic heterocycles. The Balaban J connectivity index is 1.67. The number of rotatable bonds is 1. The Morgan fingerprint density at radius 1 is 0.667 bits per heavy atom. The molecule has 3 aliphatic rings. The van der Waals surface area contributed by atoms with Crippen molar-refractivity contribution >= 4 is 0 Å². The summed E-state index contributed by atoms with van der Waals surface area (Å²) in [7, 11) is 0. The van der Waals surface area contributed by atoms with Crippen molar-refractivity contribution in [2.75, 3.05) is 6.54 Å². The van der Waals surface area contributed by atoms with E-state index in [2.05, 4.69) is 4.90 Å². The highest BCUT2D eigenvalue weighted by Crippen LogP contribution is 2.39. The van der Waals surface area contributed by atoms with Crippen LogP contribution < -0.4 is 0 Å². The Labute approximate surface area is 112 Å². The van der Waals surface area contributed by atoms with Crippen molar-refractivity contribution in [1.82, 2.24) is 4.90 Å². The minimum atomic E-state index is -0.0500. The second kappa shape index (κ2) is 5.92. The van der Waals surface area contributed by atoms with E-state index in [0.717, 1.165) is 18.4 Å². The standard InChI is InChI=1S/C16H29NO/c18-16-10-4-2-1-3-9-15(16)17-12-11-13-7-5-6-8-14(13)17/h13-16,18H,1-12H2. The molecule has 2 nitrogen and oxygen atoms in total. The van der Waals surface area contributed by atoms with Crippen molar-refractivity contribution in [3.05, 3.63) is 0 Å². The highest BCUT2D eigenvalue weighted by atomic mass is 16.3. The van der Waals surface area contributed by atoms with Crippen molar-refractivity contribution in [2.45, 2.75) is 88.8 Å². The van der Waals surface area contributed by atoms with E-state index in [0.29, 0.717) is 6.04 Å². The molecule has 0 aromatic rings. The zero-order valence-electron chi connectivity index (χ0n) is 11.7. The fraction of sp³-hybridized carbons (Fsp3) is 1.00. The Kier molecular flexibility index (Phi) is 4.25. The lowest BCUT2D eigenvalue weighted by Crippen LogP contribution is -2.48. The highest BCUT2D eigenvalue weighted by molar-refractivity contribution is 4.95. The molecule has 2 saturated carbocycles. The van der Waals surface area contributed by atoms with Gasteiger partial charge in [0.1, 0.15) is 0 Å². The summed E-state index contributed by atoms with van der Waals surface area (Å²) in [5, 5.41) is 10.5. The number of nitrogens with zero attached hydrogens (tertiary/aromatic N) is 1. The molecule has 0 aromatic carbocycles. The minimum Gasteiger partial charge on any atom is -0.391 e. The van der Waals surface area contributed by atoms with Crippen LogP contribution in [0.2, 0.25) is 0 Å². The number of fused-ring (bicyclic) bond motifs is 1. The van der Waals surface area contributed by atoms with Gasteiger partial charge in [-0.15, -0.1) is 0 Å².